The summed E-state index contributed by atoms with van der Waals surface area (Å²) < 4.78 is 25.9. The summed E-state index contributed by atoms with van der Waals surface area (Å²) in [5, 5.41) is 1.87. The Kier molecular flexibility index (Phi) is 4.89. The molecule has 1 heterocycles. The number of sulfonamides is 1. The Balaban J connectivity index is 2.24. The summed E-state index contributed by atoms with van der Waals surface area (Å²) in [6, 6.07) is 5.53. The monoisotopic (exact) mass is 360 g/mol. The van der Waals surface area contributed by atoms with Crippen LogP contribution in [0.4, 0.5) is 0 Å². The van der Waals surface area contributed by atoms with E-state index in [1.54, 1.807) is 18.2 Å². The SMILES string of the molecule is Cc1cc(S(=O)(=O)NN2C(C)CCCC2C)ccc1Br. The number of benzene rings is 1. The molecule has 0 amide bonds. The fourth-order valence-electron chi connectivity index (χ4n) is 2.58. The summed E-state index contributed by atoms with van der Waals surface area (Å²) >= 11 is 3.39. The van der Waals surface area contributed by atoms with Crippen molar-refractivity contribution in [3.63, 3.8) is 0 Å². The molecule has 2 atom stereocenters. The van der Waals surface area contributed by atoms with Crippen LogP contribution in [-0.2, 0) is 10.0 Å². The minimum absolute atomic E-state index is 0.227. The summed E-state index contributed by atoms with van der Waals surface area (Å²) in [6.07, 6.45) is 3.19. The van der Waals surface area contributed by atoms with Crippen LogP contribution in [0.5, 0.6) is 0 Å². The van der Waals surface area contributed by atoms with Gasteiger partial charge >= 0.3 is 0 Å². The van der Waals surface area contributed by atoms with E-state index in [0.717, 1.165) is 29.3 Å². The number of hydrazine groups is 1. The van der Waals surface area contributed by atoms with Crippen LogP contribution in [-0.4, -0.2) is 25.5 Å². The second-order valence-electron chi connectivity index (χ2n) is 5.54. The van der Waals surface area contributed by atoms with Crippen LogP contribution in [0, 0.1) is 6.92 Å². The van der Waals surface area contributed by atoms with Crippen LogP contribution in [0.2, 0.25) is 0 Å². The lowest BCUT2D eigenvalue weighted by Gasteiger charge is -2.38. The quantitative estimate of drug-likeness (QED) is 0.900. The summed E-state index contributed by atoms with van der Waals surface area (Å²) in [7, 11) is -3.51. The maximum Gasteiger partial charge on any atom is 0.253 e. The van der Waals surface area contributed by atoms with E-state index in [9.17, 15) is 8.42 Å². The largest absolute Gasteiger partial charge is 0.253 e. The molecule has 4 nitrogen and oxygen atoms in total. The van der Waals surface area contributed by atoms with Crippen LogP contribution in [0.3, 0.4) is 0 Å². The van der Waals surface area contributed by atoms with E-state index >= 15 is 0 Å². The van der Waals surface area contributed by atoms with Gasteiger partial charge in [-0.2, -0.15) is 0 Å². The Bertz CT molecular complexity index is 579. The summed E-state index contributed by atoms with van der Waals surface area (Å²) in [5.74, 6) is 0. The first kappa shape index (κ1) is 15.9. The number of aryl methyl sites for hydroxylation is 1. The minimum Gasteiger partial charge on any atom is -0.225 e. The fourth-order valence-corrected chi connectivity index (χ4v) is 4.15. The molecule has 1 aromatic carbocycles. The average molecular weight is 361 g/mol. The number of hydrogen-bond acceptors (Lipinski definition) is 3. The first-order valence-corrected chi connectivity index (χ1v) is 9.16. The molecule has 1 fully saturated rings. The van der Waals surface area contributed by atoms with Gasteiger partial charge in [0.25, 0.3) is 10.0 Å². The molecule has 0 spiro atoms. The van der Waals surface area contributed by atoms with Gasteiger partial charge in [0.15, 0.2) is 0 Å². The Labute approximate surface area is 129 Å². The number of rotatable bonds is 3. The van der Waals surface area contributed by atoms with Crippen molar-refractivity contribution in [1.29, 1.82) is 0 Å². The zero-order valence-electron chi connectivity index (χ0n) is 12.1. The molecule has 1 aliphatic rings. The third-order valence-corrected chi connectivity index (χ3v) is 6.07. The first-order valence-electron chi connectivity index (χ1n) is 6.88. The molecule has 1 N–H and O–H groups in total. The van der Waals surface area contributed by atoms with Gasteiger partial charge in [0.2, 0.25) is 0 Å². The van der Waals surface area contributed by atoms with Gasteiger partial charge in [0, 0.05) is 16.6 Å². The van der Waals surface area contributed by atoms with Gasteiger partial charge in [0.05, 0.1) is 4.90 Å². The molecule has 1 aromatic rings. The normalized spacial score (nSPS) is 24.8. The molecule has 0 radical (unpaired) electrons. The van der Waals surface area contributed by atoms with Crippen molar-refractivity contribution < 1.29 is 8.42 Å². The second kappa shape index (κ2) is 6.13. The summed E-state index contributed by atoms with van der Waals surface area (Å²) in [4.78, 5) is 3.06. The van der Waals surface area contributed by atoms with E-state index < -0.39 is 10.0 Å². The number of nitrogens with one attached hydrogen (secondary N) is 1. The molecule has 2 rings (SSSR count). The maximum atomic E-state index is 12.5. The van der Waals surface area contributed by atoms with E-state index in [0.29, 0.717) is 4.90 Å². The topological polar surface area (TPSA) is 49.4 Å². The van der Waals surface area contributed by atoms with Crippen molar-refractivity contribution in [1.82, 2.24) is 9.84 Å². The van der Waals surface area contributed by atoms with Crippen LogP contribution in [0.1, 0.15) is 38.7 Å². The van der Waals surface area contributed by atoms with Gasteiger partial charge in [-0.1, -0.05) is 22.4 Å². The highest BCUT2D eigenvalue weighted by molar-refractivity contribution is 9.10. The van der Waals surface area contributed by atoms with Crippen LogP contribution >= 0.6 is 15.9 Å². The molecular weight excluding hydrogens is 340 g/mol. The molecule has 0 aliphatic carbocycles. The first-order chi connectivity index (χ1) is 9.31. The van der Waals surface area contributed by atoms with Gasteiger partial charge in [-0.25, -0.2) is 13.4 Å². The van der Waals surface area contributed by atoms with E-state index in [1.165, 1.54) is 0 Å². The summed E-state index contributed by atoms with van der Waals surface area (Å²) in [6.45, 7) is 6.01. The maximum absolute atomic E-state index is 12.5. The Morgan fingerprint density at radius 2 is 1.85 bits per heavy atom. The molecule has 6 heteroatoms. The molecule has 20 heavy (non-hydrogen) atoms. The van der Waals surface area contributed by atoms with E-state index in [2.05, 4.69) is 34.6 Å². The molecule has 1 saturated heterocycles. The third-order valence-electron chi connectivity index (χ3n) is 3.86. The van der Waals surface area contributed by atoms with Gasteiger partial charge in [-0.3, -0.25) is 0 Å². The van der Waals surface area contributed by atoms with E-state index in [4.69, 9.17) is 0 Å². The van der Waals surface area contributed by atoms with Crippen LogP contribution in [0.25, 0.3) is 0 Å². The number of halogens is 1. The number of piperidine rings is 1. The second-order valence-corrected chi connectivity index (χ2v) is 8.06. The highest BCUT2D eigenvalue weighted by Gasteiger charge is 2.29. The van der Waals surface area contributed by atoms with Crippen LogP contribution in [0.15, 0.2) is 27.6 Å². The zero-order chi connectivity index (χ0) is 14.9. The van der Waals surface area contributed by atoms with Crippen LogP contribution < -0.4 is 4.83 Å². The van der Waals surface area contributed by atoms with Crippen molar-refractivity contribution in [3.05, 3.63) is 28.2 Å². The molecule has 112 valence electrons. The van der Waals surface area contributed by atoms with Crippen molar-refractivity contribution in [2.24, 2.45) is 0 Å². The highest BCUT2D eigenvalue weighted by atomic mass is 79.9. The smallest absolute Gasteiger partial charge is 0.225 e. The fraction of sp³-hybridized carbons (Fsp3) is 0.571. The van der Waals surface area contributed by atoms with Gasteiger partial charge < -0.3 is 0 Å². The molecule has 1 aliphatic heterocycles. The predicted octanol–water partition coefficient (Wildman–Crippen LogP) is 3.21. The Morgan fingerprint density at radius 1 is 1.25 bits per heavy atom. The molecule has 0 saturated carbocycles. The van der Waals surface area contributed by atoms with Crippen molar-refractivity contribution in [3.8, 4) is 0 Å². The minimum atomic E-state index is -3.51. The molecule has 0 aromatic heterocycles. The zero-order valence-corrected chi connectivity index (χ0v) is 14.5. The lowest BCUT2D eigenvalue weighted by atomic mass is 10.0. The van der Waals surface area contributed by atoms with Gasteiger partial charge in [0.1, 0.15) is 0 Å². The standard InChI is InChI=1S/C14H21BrN2O2S/c1-10-9-13(7-8-14(10)15)20(18,19)16-17-11(2)5-4-6-12(17)3/h7-9,11-12,16H,4-6H2,1-3H3. The number of hydrogen-bond donors (Lipinski definition) is 1. The Morgan fingerprint density at radius 3 is 2.40 bits per heavy atom. The Hall–Kier alpha value is -0.430. The third kappa shape index (κ3) is 3.42. The van der Waals surface area contributed by atoms with Crippen molar-refractivity contribution in [2.75, 3.05) is 0 Å². The lowest BCUT2D eigenvalue weighted by molar-refractivity contribution is 0.0790. The van der Waals surface area contributed by atoms with Gasteiger partial charge in [-0.15, -0.1) is 4.83 Å². The highest BCUT2D eigenvalue weighted by Crippen LogP contribution is 2.24. The van der Waals surface area contributed by atoms with Crippen molar-refractivity contribution in [2.45, 2.75) is 57.0 Å². The van der Waals surface area contributed by atoms with E-state index in [-0.39, 0.29) is 12.1 Å². The molecule has 0 bridgehead atoms. The average Bonchev–Trinajstić information content (AvgIpc) is 2.37. The molecule has 2 unspecified atom stereocenters. The number of nitrogens with zero attached hydrogens (tertiary/aromatic N) is 1. The lowest BCUT2D eigenvalue weighted by Crippen LogP contribution is -2.53. The summed E-state index contributed by atoms with van der Waals surface area (Å²) in [5.41, 5.74) is 0.910. The van der Waals surface area contributed by atoms with E-state index in [1.807, 2.05) is 11.9 Å². The molecular formula is C14H21BrN2O2S. The van der Waals surface area contributed by atoms with Gasteiger partial charge in [-0.05, 0) is 57.4 Å². The predicted molar refractivity (Wildman–Crippen MR) is 83.8 cm³/mol. The van der Waals surface area contributed by atoms with Crippen molar-refractivity contribution >= 4 is 26.0 Å².